The summed E-state index contributed by atoms with van der Waals surface area (Å²) in [5.41, 5.74) is 1.51. The largest absolute Gasteiger partial charge is 0.457 e. The van der Waals surface area contributed by atoms with Gasteiger partial charge < -0.3 is 4.74 Å². The van der Waals surface area contributed by atoms with Crippen molar-refractivity contribution in [1.82, 2.24) is 4.98 Å². The van der Waals surface area contributed by atoms with Crippen LogP contribution in [0, 0.1) is 7.40 Å². The Balaban J connectivity index is 2.04. The van der Waals surface area contributed by atoms with E-state index >= 15 is 0 Å². The standard InChI is InChI=1S/C13H9I2NO2/c14-11-6-10(7-12(15)16-11)13(17)18-8-9-4-2-1-3-5-9/h1-7H,8H2. The van der Waals surface area contributed by atoms with Gasteiger partial charge in [-0.1, -0.05) is 30.3 Å². The number of pyridine rings is 1. The van der Waals surface area contributed by atoms with E-state index in [-0.39, 0.29) is 12.6 Å². The number of carbonyl (C=O) groups excluding carboxylic acids is 1. The second-order valence-corrected chi connectivity index (χ2v) is 5.77. The predicted octanol–water partition coefficient (Wildman–Crippen LogP) is 3.65. The molecule has 0 atom stereocenters. The van der Waals surface area contributed by atoms with Crippen LogP contribution in [0.2, 0.25) is 0 Å². The molecule has 0 N–H and O–H groups in total. The lowest BCUT2D eigenvalue weighted by Crippen LogP contribution is -2.06. The minimum Gasteiger partial charge on any atom is -0.457 e. The van der Waals surface area contributed by atoms with Crippen molar-refractivity contribution in [3.8, 4) is 0 Å². The molecule has 0 radical (unpaired) electrons. The Morgan fingerprint density at radius 2 is 1.72 bits per heavy atom. The Hall–Kier alpha value is -0.700. The van der Waals surface area contributed by atoms with Crippen molar-refractivity contribution >= 4 is 51.2 Å². The van der Waals surface area contributed by atoms with Crippen molar-refractivity contribution in [1.29, 1.82) is 0 Å². The van der Waals surface area contributed by atoms with Crippen molar-refractivity contribution in [3.63, 3.8) is 0 Å². The molecule has 3 nitrogen and oxygen atoms in total. The molecule has 0 fully saturated rings. The Labute approximate surface area is 132 Å². The number of esters is 1. The van der Waals surface area contributed by atoms with Crippen LogP contribution in [-0.2, 0) is 11.3 Å². The van der Waals surface area contributed by atoms with Crippen LogP contribution in [0.4, 0.5) is 0 Å². The Kier molecular flexibility index (Phi) is 4.93. The van der Waals surface area contributed by atoms with Gasteiger partial charge in [0.1, 0.15) is 14.0 Å². The van der Waals surface area contributed by atoms with Gasteiger partial charge in [0.05, 0.1) is 5.56 Å². The van der Waals surface area contributed by atoms with Gasteiger partial charge in [-0.05, 0) is 62.9 Å². The zero-order valence-electron chi connectivity index (χ0n) is 9.27. The van der Waals surface area contributed by atoms with Crippen molar-refractivity contribution in [2.45, 2.75) is 6.61 Å². The molecule has 0 amide bonds. The molecule has 0 saturated carbocycles. The topological polar surface area (TPSA) is 39.2 Å². The summed E-state index contributed by atoms with van der Waals surface area (Å²) in [5.74, 6) is -0.322. The lowest BCUT2D eigenvalue weighted by Gasteiger charge is -2.05. The molecular formula is C13H9I2NO2. The molecule has 0 aliphatic rings. The average molecular weight is 465 g/mol. The second-order valence-electron chi connectivity index (χ2n) is 3.56. The van der Waals surface area contributed by atoms with E-state index in [2.05, 4.69) is 50.2 Å². The number of halogens is 2. The maximum Gasteiger partial charge on any atom is 0.338 e. The number of rotatable bonds is 3. The summed E-state index contributed by atoms with van der Waals surface area (Å²) in [6.45, 7) is 0.287. The zero-order valence-corrected chi connectivity index (χ0v) is 13.6. The fraction of sp³-hybridized carbons (Fsp3) is 0.0769. The number of carbonyl (C=O) groups is 1. The first-order valence-corrected chi connectivity index (χ1v) is 7.35. The van der Waals surface area contributed by atoms with Crippen LogP contribution >= 0.6 is 45.2 Å². The second kappa shape index (κ2) is 6.46. The molecule has 2 rings (SSSR count). The first-order chi connectivity index (χ1) is 8.65. The van der Waals surface area contributed by atoms with E-state index in [4.69, 9.17) is 4.74 Å². The van der Waals surface area contributed by atoms with Gasteiger partial charge in [0.2, 0.25) is 0 Å². The van der Waals surface area contributed by atoms with Crippen LogP contribution < -0.4 is 0 Å². The van der Waals surface area contributed by atoms with Crippen LogP contribution in [0.25, 0.3) is 0 Å². The summed E-state index contributed by atoms with van der Waals surface area (Å²) in [4.78, 5) is 16.1. The summed E-state index contributed by atoms with van der Waals surface area (Å²) in [6.07, 6.45) is 0. The highest BCUT2D eigenvalue weighted by Gasteiger charge is 2.09. The van der Waals surface area contributed by atoms with E-state index in [1.54, 1.807) is 12.1 Å². The number of hydrogen-bond donors (Lipinski definition) is 0. The van der Waals surface area contributed by atoms with Crippen LogP contribution in [0.15, 0.2) is 42.5 Å². The molecule has 0 aliphatic carbocycles. The third-order valence-corrected chi connectivity index (χ3v) is 3.32. The highest BCUT2D eigenvalue weighted by Crippen LogP contribution is 2.12. The monoisotopic (exact) mass is 465 g/mol. The van der Waals surface area contributed by atoms with E-state index < -0.39 is 0 Å². The number of aromatic nitrogens is 1. The molecule has 1 aromatic heterocycles. The number of benzene rings is 1. The lowest BCUT2D eigenvalue weighted by molar-refractivity contribution is 0.0472. The highest BCUT2D eigenvalue weighted by molar-refractivity contribution is 14.1. The van der Waals surface area contributed by atoms with Gasteiger partial charge in [-0.2, -0.15) is 0 Å². The smallest absolute Gasteiger partial charge is 0.338 e. The molecule has 0 bridgehead atoms. The Morgan fingerprint density at radius 1 is 1.11 bits per heavy atom. The molecular weight excluding hydrogens is 456 g/mol. The number of nitrogens with zero attached hydrogens (tertiary/aromatic N) is 1. The van der Waals surface area contributed by atoms with Gasteiger partial charge in [0.15, 0.2) is 0 Å². The molecule has 0 unspecified atom stereocenters. The van der Waals surface area contributed by atoms with Crippen LogP contribution in [0.5, 0.6) is 0 Å². The van der Waals surface area contributed by atoms with Gasteiger partial charge in [0.25, 0.3) is 0 Å². The van der Waals surface area contributed by atoms with Crippen molar-refractivity contribution in [3.05, 3.63) is 61.0 Å². The van der Waals surface area contributed by atoms with Crippen LogP contribution in [-0.4, -0.2) is 11.0 Å². The molecule has 92 valence electrons. The lowest BCUT2D eigenvalue weighted by atomic mass is 10.2. The number of hydrogen-bond acceptors (Lipinski definition) is 3. The molecule has 5 heteroatoms. The third-order valence-electron chi connectivity index (χ3n) is 2.21. The Bertz CT molecular complexity index is 538. The van der Waals surface area contributed by atoms with E-state index in [1.807, 2.05) is 30.3 Å². The van der Waals surface area contributed by atoms with Gasteiger partial charge in [-0.25, -0.2) is 9.78 Å². The summed E-state index contributed by atoms with van der Waals surface area (Å²) < 4.78 is 6.82. The van der Waals surface area contributed by atoms with E-state index in [9.17, 15) is 4.79 Å². The molecule has 1 heterocycles. The van der Waals surface area contributed by atoms with Crippen molar-refractivity contribution in [2.75, 3.05) is 0 Å². The highest BCUT2D eigenvalue weighted by atomic mass is 127. The van der Waals surface area contributed by atoms with Crippen molar-refractivity contribution < 1.29 is 9.53 Å². The van der Waals surface area contributed by atoms with Crippen LogP contribution in [0.1, 0.15) is 15.9 Å². The van der Waals surface area contributed by atoms with Gasteiger partial charge in [-0.3, -0.25) is 0 Å². The van der Waals surface area contributed by atoms with Gasteiger partial charge in [-0.15, -0.1) is 0 Å². The summed E-state index contributed by atoms with van der Waals surface area (Å²) in [7, 11) is 0. The minimum atomic E-state index is -0.322. The summed E-state index contributed by atoms with van der Waals surface area (Å²) >= 11 is 4.16. The average Bonchev–Trinajstić information content (AvgIpc) is 2.36. The Morgan fingerprint density at radius 3 is 2.33 bits per heavy atom. The third kappa shape index (κ3) is 3.91. The van der Waals surface area contributed by atoms with E-state index in [0.717, 1.165) is 13.0 Å². The van der Waals surface area contributed by atoms with Crippen molar-refractivity contribution in [2.24, 2.45) is 0 Å². The quantitative estimate of drug-likeness (QED) is 0.395. The SMILES string of the molecule is O=C(OCc1ccccc1)c1cc(I)nc(I)c1. The first-order valence-electron chi connectivity index (χ1n) is 5.19. The predicted molar refractivity (Wildman–Crippen MR) is 85.2 cm³/mol. The molecule has 2 aromatic rings. The maximum absolute atomic E-state index is 11.9. The van der Waals surface area contributed by atoms with Gasteiger partial charge >= 0.3 is 5.97 Å². The van der Waals surface area contributed by atoms with Gasteiger partial charge in [0, 0.05) is 0 Å². The zero-order chi connectivity index (χ0) is 13.0. The van der Waals surface area contributed by atoms with E-state index in [1.165, 1.54) is 0 Å². The maximum atomic E-state index is 11.9. The number of ether oxygens (including phenoxy) is 1. The minimum absolute atomic E-state index is 0.287. The summed E-state index contributed by atoms with van der Waals surface area (Å²) in [6, 6.07) is 13.1. The molecule has 0 aliphatic heterocycles. The van der Waals surface area contributed by atoms with Crippen LogP contribution in [0.3, 0.4) is 0 Å². The fourth-order valence-corrected chi connectivity index (χ4v) is 3.04. The summed E-state index contributed by atoms with van der Waals surface area (Å²) in [5, 5.41) is 0. The van der Waals surface area contributed by atoms with E-state index in [0.29, 0.717) is 5.56 Å². The normalized spacial score (nSPS) is 10.1. The molecule has 0 saturated heterocycles. The first kappa shape index (κ1) is 13.7. The molecule has 0 spiro atoms. The molecule has 1 aromatic carbocycles. The molecule has 18 heavy (non-hydrogen) atoms. The fourth-order valence-electron chi connectivity index (χ4n) is 1.39.